The van der Waals surface area contributed by atoms with Gasteiger partial charge in [0.05, 0.1) is 25.0 Å². The fraction of sp³-hybridized carbons (Fsp3) is 0.500. The third kappa shape index (κ3) is 2.46. The molecule has 1 aliphatic heterocycles. The number of nitrogens with zero attached hydrogens (tertiary/aromatic N) is 1. The topological polar surface area (TPSA) is 54.4 Å². The van der Waals surface area contributed by atoms with Gasteiger partial charge in [-0.2, -0.15) is 0 Å². The lowest BCUT2D eigenvalue weighted by atomic mass is 10.1. The molecule has 1 fully saturated rings. The van der Waals surface area contributed by atoms with Gasteiger partial charge in [-0.05, 0) is 6.07 Å². The molecule has 15 heavy (non-hydrogen) atoms. The van der Waals surface area contributed by atoms with E-state index in [1.807, 2.05) is 6.07 Å². The Morgan fingerprint density at radius 2 is 2.47 bits per heavy atom. The Morgan fingerprint density at radius 3 is 3.13 bits per heavy atom. The molecule has 0 radical (unpaired) electrons. The number of aromatic nitrogens is 1. The summed E-state index contributed by atoms with van der Waals surface area (Å²) < 4.78 is 5.59. The number of aliphatic hydroxyl groups excluding tert-OH is 1. The number of rotatable bonds is 2. The first-order chi connectivity index (χ1) is 7.31. The van der Waals surface area contributed by atoms with Crippen LogP contribution in [0, 0.1) is 0 Å². The first kappa shape index (κ1) is 10.8. The zero-order valence-corrected chi connectivity index (χ0v) is 9.00. The molecule has 2 rings (SSSR count). The van der Waals surface area contributed by atoms with Crippen molar-refractivity contribution in [2.24, 2.45) is 0 Å². The van der Waals surface area contributed by atoms with E-state index in [1.165, 1.54) is 0 Å². The zero-order valence-electron chi connectivity index (χ0n) is 8.24. The number of morpholine rings is 1. The molecular weight excluding hydrogens is 216 g/mol. The highest BCUT2D eigenvalue weighted by Gasteiger charge is 2.19. The number of halogens is 1. The van der Waals surface area contributed by atoms with Crippen LogP contribution in [0.25, 0.3) is 0 Å². The van der Waals surface area contributed by atoms with E-state index in [0.717, 1.165) is 18.7 Å². The summed E-state index contributed by atoms with van der Waals surface area (Å²) in [7, 11) is 0. The van der Waals surface area contributed by atoms with Gasteiger partial charge < -0.3 is 15.2 Å². The lowest BCUT2D eigenvalue weighted by Gasteiger charge is -2.25. The average molecular weight is 229 g/mol. The maximum absolute atomic E-state index is 9.18. The number of ether oxygens (including phenoxy) is 1. The van der Waals surface area contributed by atoms with E-state index >= 15 is 0 Å². The lowest BCUT2D eigenvalue weighted by molar-refractivity contribution is 0.0261. The van der Waals surface area contributed by atoms with Gasteiger partial charge in [0.15, 0.2) is 0 Å². The largest absolute Gasteiger partial charge is 0.390 e. The maximum atomic E-state index is 9.18. The molecule has 0 aromatic carbocycles. The van der Waals surface area contributed by atoms with Crippen LogP contribution < -0.4 is 5.32 Å². The molecule has 2 N–H and O–H groups in total. The number of hydrogen-bond donors (Lipinski definition) is 2. The van der Waals surface area contributed by atoms with Gasteiger partial charge in [-0.15, -0.1) is 0 Å². The maximum Gasteiger partial charge on any atom is 0.129 e. The van der Waals surface area contributed by atoms with Crippen LogP contribution >= 0.6 is 11.6 Å². The Bertz CT molecular complexity index is 340. The van der Waals surface area contributed by atoms with Crippen molar-refractivity contribution < 1.29 is 9.84 Å². The summed E-state index contributed by atoms with van der Waals surface area (Å²) in [5, 5.41) is 12.8. The number of pyridine rings is 1. The summed E-state index contributed by atoms with van der Waals surface area (Å²) in [4.78, 5) is 4.07. The molecule has 82 valence electrons. The van der Waals surface area contributed by atoms with Crippen LogP contribution in [0.4, 0.5) is 0 Å². The predicted molar refractivity (Wildman–Crippen MR) is 56.7 cm³/mol. The molecule has 1 unspecified atom stereocenters. The summed E-state index contributed by atoms with van der Waals surface area (Å²) in [6, 6.07) is 3.58. The molecule has 0 aliphatic carbocycles. The average Bonchev–Trinajstić information content (AvgIpc) is 2.30. The highest BCUT2D eigenvalue weighted by atomic mass is 35.5. The van der Waals surface area contributed by atoms with Gasteiger partial charge in [0.2, 0.25) is 0 Å². The van der Waals surface area contributed by atoms with Crippen molar-refractivity contribution in [3.63, 3.8) is 0 Å². The first-order valence-electron chi connectivity index (χ1n) is 4.90. The molecule has 0 amide bonds. The van der Waals surface area contributed by atoms with Crippen molar-refractivity contribution in [2.45, 2.75) is 12.7 Å². The molecule has 0 bridgehead atoms. The number of hydrogen-bond acceptors (Lipinski definition) is 4. The second kappa shape index (κ2) is 4.90. The Kier molecular flexibility index (Phi) is 3.53. The normalized spacial score (nSPS) is 21.6. The molecule has 1 aromatic rings. The van der Waals surface area contributed by atoms with Crippen molar-refractivity contribution in [3.05, 3.63) is 28.5 Å². The molecule has 4 nitrogen and oxygen atoms in total. The molecular formula is C10H13ClN2O2. The van der Waals surface area contributed by atoms with Crippen LogP contribution in [0.1, 0.15) is 17.4 Å². The molecule has 1 aliphatic rings. The predicted octanol–water partition coefficient (Wildman–Crippen LogP) is 0.888. The fourth-order valence-electron chi connectivity index (χ4n) is 1.67. The van der Waals surface area contributed by atoms with E-state index < -0.39 is 0 Å². The van der Waals surface area contributed by atoms with Crippen LogP contribution in [-0.4, -0.2) is 29.8 Å². The summed E-state index contributed by atoms with van der Waals surface area (Å²) >= 11 is 5.76. The molecule has 0 spiro atoms. The minimum absolute atomic E-state index is 0.0364. The molecule has 1 saturated heterocycles. The Balaban J connectivity index is 2.25. The minimum Gasteiger partial charge on any atom is -0.390 e. The standard InChI is InChI=1S/C10H13ClN2O2/c11-10-2-1-7(8(6-14)13-10)9-5-12-3-4-15-9/h1-2,9,12,14H,3-6H2. The van der Waals surface area contributed by atoms with E-state index in [1.54, 1.807) is 6.07 Å². The molecule has 1 aromatic heterocycles. The third-order valence-electron chi connectivity index (χ3n) is 2.40. The van der Waals surface area contributed by atoms with Gasteiger partial charge in [0.25, 0.3) is 0 Å². The Morgan fingerprint density at radius 1 is 1.60 bits per heavy atom. The van der Waals surface area contributed by atoms with Crippen molar-refractivity contribution >= 4 is 11.6 Å². The van der Waals surface area contributed by atoms with Crippen molar-refractivity contribution in [1.82, 2.24) is 10.3 Å². The van der Waals surface area contributed by atoms with Gasteiger partial charge in [-0.1, -0.05) is 17.7 Å². The highest BCUT2D eigenvalue weighted by molar-refractivity contribution is 6.29. The van der Waals surface area contributed by atoms with Crippen LogP contribution in [0.2, 0.25) is 5.15 Å². The van der Waals surface area contributed by atoms with Crippen molar-refractivity contribution in [3.8, 4) is 0 Å². The molecule has 1 atom stereocenters. The Labute approximate surface area is 93.2 Å². The summed E-state index contributed by atoms with van der Waals surface area (Å²) in [6.07, 6.45) is -0.0364. The first-order valence-corrected chi connectivity index (χ1v) is 5.27. The van der Waals surface area contributed by atoms with Crippen LogP contribution in [0.15, 0.2) is 12.1 Å². The lowest BCUT2D eigenvalue weighted by Crippen LogP contribution is -2.33. The summed E-state index contributed by atoms with van der Waals surface area (Å²) in [6.45, 7) is 2.18. The van der Waals surface area contributed by atoms with Gasteiger partial charge in [-0.25, -0.2) is 4.98 Å². The van der Waals surface area contributed by atoms with Gasteiger partial charge in [0.1, 0.15) is 5.15 Å². The molecule has 5 heteroatoms. The molecule has 0 saturated carbocycles. The van der Waals surface area contributed by atoms with Crippen molar-refractivity contribution in [1.29, 1.82) is 0 Å². The zero-order chi connectivity index (χ0) is 10.7. The van der Waals surface area contributed by atoms with E-state index in [0.29, 0.717) is 17.5 Å². The summed E-state index contributed by atoms with van der Waals surface area (Å²) in [5.41, 5.74) is 1.50. The van der Waals surface area contributed by atoms with Crippen LogP contribution in [0.5, 0.6) is 0 Å². The van der Waals surface area contributed by atoms with Crippen LogP contribution in [-0.2, 0) is 11.3 Å². The minimum atomic E-state index is -0.115. The van der Waals surface area contributed by atoms with E-state index in [4.69, 9.17) is 16.3 Å². The summed E-state index contributed by atoms with van der Waals surface area (Å²) in [5.74, 6) is 0. The third-order valence-corrected chi connectivity index (χ3v) is 2.61. The second-order valence-electron chi connectivity index (χ2n) is 3.39. The second-order valence-corrected chi connectivity index (χ2v) is 3.78. The SMILES string of the molecule is OCc1nc(Cl)ccc1C1CNCCO1. The van der Waals surface area contributed by atoms with Crippen molar-refractivity contribution in [2.75, 3.05) is 19.7 Å². The van der Waals surface area contributed by atoms with Gasteiger partial charge in [-0.3, -0.25) is 0 Å². The van der Waals surface area contributed by atoms with Crippen LogP contribution in [0.3, 0.4) is 0 Å². The van der Waals surface area contributed by atoms with Gasteiger partial charge >= 0.3 is 0 Å². The quantitative estimate of drug-likeness (QED) is 0.739. The van der Waals surface area contributed by atoms with E-state index in [-0.39, 0.29) is 12.7 Å². The van der Waals surface area contributed by atoms with Gasteiger partial charge in [0, 0.05) is 18.7 Å². The highest BCUT2D eigenvalue weighted by Crippen LogP contribution is 2.23. The fourth-order valence-corrected chi connectivity index (χ4v) is 1.84. The molecule has 2 heterocycles. The Hall–Kier alpha value is -0.680. The van der Waals surface area contributed by atoms with E-state index in [9.17, 15) is 5.11 Å². The number of nitrogens with one attached hydrogen (secondary N) is 1. The smallest absolute Gasteiger partial charge is 0.129 e. The monoisotopic (exact) mass is 228 g/mol. The number of aliphatic hydroxyl groups is 1. The van der Waals surface area contributed by atoms with E-state index in [2.05, 4.69) is 10.3 Å².